The molecule has 116 valence electrons. The summed E-state index contributed by atoms with van der Waals surface area (Å²) in [6, 6.07) is 10.2. The van der Waals surface area contributed by atoms with E-state index in [1.165, 1.54) is 6.07 Å². The van der Waals surface area contributed by atoms with Crippen molar-refractivity contribution in [1.29, 1.82) is 0 Å². The van der Waals surface area contributed by atoms with E-state index in [9.17, 15) is 13.2 Å². The lowest BCUT2D eigenvalue weighted by Gasteiger charge is -2.14. The molecule has 0 saturated heterocycles. The van der Waals surface area contributed by atoms with E-state index in [4.69, 9.17) is 23.8 Å². The van der Waals surface area contributed by atoms with Gasteiger partial charge in [-0.2, -0.15) is 13.2 Å². The molecule has 0 aliphatic carbocycles. The fraction of sp³-hybridized carbons (Fsp3) is 0.0714. The second-order valence-corrected chi connectivity index (χ2v) is 6.01. The summed E-state index contributed by atoms with van der Waals surface area (Å²) in [4.78, 5) is 0. The van der Waals surface area contributed by atoms with E-state index in [-0.39, 0.29) is 15.8 Å². The van der Waals surface area contributed by atoms with Crippen LogP contribution in [0, 0.1) is 0 Å². The van der Waals surface area contributed by atoms with E-state index < -0.39 is 11.7 Å². The van der Waals surface area contributed by atoms with Gasteiger partial charge in [-0.05, 0) is 54.7 Å². The summed E-state index contributed by atoms with van der Waals surface area (Å²) in [7, 11) is 0. The van der Waals surface area contributed by atoms with E-state index in [0.29, 0.717) is 5.69 Å². The van der Waals surface area contributed by atoms with Gasteiger partial charge >= 0.3 is 6.18 Å². The molecule has 0 atom stereocenters. The summed E-state index contributed by atoms with van der Waals surface area (Å²) < 4.78 is 39.0. The summed E-state index contributed by atoms with van der Waals surface area (Å²) in [5.74, 6) is 0. The van der Waals surface area contributed by atoms with Gasteiger partial charge in [-0.15, -0.1) is 0 Å². The van der Waals surface area contributed by atoms with Crippen molar-refractivity contribution < 1.29 is 13.2 Å². The van der Waals surface area contributed by atoms with Crippen molar-refractivity contribution in [3.05, 3.63) is 57.5 Å². The fourth-order valence-corrected chi connectivity index (χ4v) is 2.27. The summed E-state index contributed by atoms with van der Waals surface area (Å²) in [6.45, 7) is 0. The second-order valence-electron chi connectivity index (χ2n) is 4.28. The molecule has 0 unspecified atom stereocenters. The summed E-state index contributed by atoms with van der Waals surface area (Å²) in [5, 5.41) is 5.81. The SMILES string of the molecule is FC(F)(F)c1ccc(Cl)c(NC(=S)Nc2ccc(Br)cc2)c1. The first kappa shape index (κ1) is 17.1. The molecule has 2 nitrogen and oxygen atoms in total. The lowest BCUT2D eigenvalue weighted by Crippen LogP contribution is -2.19. The molecular weight excluding hydrogens is 401 g/mol. The van der Waals surface area contributed by atoms with Gasteiger partial charge in [-0.1, -0.05) is 27.5 Å². The zero-order valence-electron chi connectivity index (χ0n) is 10.8. The number of benzene rings is 2. The van der Waals surface area contributed by atoms with E-state index in [1.54, 1.807) is 12.1 Å². The van der Waals surface area contributed by atoms with Crippen molar-refractivity contribution in [3.63, 3.8) is 0 Å². The molecule has 0 spiro atoms. The van der Waals surface area contributed by atoms with Crippen molar-refractivity contribution in [1.82, 2.24) is 0 Å². The Labute approximate surface area is 143 Å². The molecular formula is C14H9BrClF3N2S. The largest absolute Gasteiger partial charge is 0.416 e. The van der Waals surface area contributed by atoms with Gasteiger partial charge in [-0.3, -0.25) is 0 Å². The molecule has 2 rings (SSSR count). The molecule has 0 radical (unpaired) electrons. The Kier molecular flexibility index (Phi) is 5.31. The standard InChI is InChI=1S/C14H9BrClF3N2S/c15-9-2-4-10(5-3-9)20-13(22)21-12-7-8(14(17,18)19)1-6-11(12)16/h1-7H,(H2,20,21,22). The summed E-state index contributed by atoms with van der Waals surface area (Å²) in [6.07, 6.45) is -4.44. The Morgan fingerprint density at radius 2 is 1.68 bits per heavy atom. The predicted octanol–water partition coefficient (Wildman–Crippen LogP) is 5.93. The van der Waals surface area contributed by atoms with Gasteiger partial charge in [-0.25, -0.2) is 0 Å². The number of halogens is 5. The Balaban J connectivity index is 2.12. The zero-order valence-corrected chi connectivity index (χ0v) is 14.0. The molecule has 0 saturated carbocycles. The maximum atomic E-state index is 12.7. The number of thiocarbonyl (C=S) groups is 1. The van der Waals surface area contributed by atoms with Crippen molar-refractivity contribution in [3.8, 4) is 0 Å². The third kappa shape index (κ3) is 4.59. The van der Waals surface area contributed by atoms with Crippen LogP contribution in [-0.2, 0) is 6.18 Å². The lowest BCUT2D eigenvalue weighted by molar-refractivity contribution is -0.137. The van der Waals surface area contributed by atoms with Crippen LogP contribution in [0.25, 0.3) is 0 Å². The average Bonchev–Trinajstić information content (AvgIpc) is 2.42. The van der Waals surface area contributed by atoms with Crippen LogP contribution in [-0.4, -0.2) is 5.11 Å². The first-order valence-electron chi connectivity index (χ1n) is 5.96. The van der Waals surface area contributed by atoms with Crippen LogP contribution >= 0.6 is 39.7 Å². The van der Waals surface area contributed by atoms with Crippen LogP contribution in [0.4, 0.5) is 24.5 Å². The molecule has 22 heavy (non-hydrogen) atoms. The summed E-state index contributed by atoms with van der Waals surface area (Å²) in [5.41, 5.74) is -0.0132. The van der Waals surface area contributed by atoms with Crippen LogP contribution in [0.5, 0.6) is 0 Å². The molecule has 2 aromatic carbocycles. The first-order valence-corrected chi connectivity index (χ1v) is 7.54. The van der Waals surface area contributed by atoms with Crippen molar-refractivity contribution >= 4 is 56.2 Å². The van der Waals surface area contributed by atoms with Gasteiger partial charge in [0.2, 0.25) is 0 Å². The Morgan fingerprint density at radius 1 is 1.05 bits per heavy atom. The highest BCUT2D eigenvalue weighted by Crippen LogP contribution is 2.33. The molecule has 8 heteroatoms. The minimum atomic E-state index is -4.44. The van der Waals surface area contributed by atoms with E-state index in [2.05, 4.69) is 26.6 Å². The average molecular weight is 410 g/mol. The van der Waals surface area contributed by atoms with Gasteiger partial charge in [0.25, 0.3) is 0 Å². The van der Waals surface area contributed by atoms with Crippen LogP contribution < -0.4 is 10.6 Å². The number of rotatable bonds is 2. The monoisotopic (exact) mass is 408 g/mol. The van der Waals surface area contributed by atoms with Crippen LogP contribution in [0.15, 0.2) is 46.9 Å². The topological polar surface area (TPSA) is 24.1 Å². The van der Waals surface area contributed by atoms with E-state index >= 15 is 0 Å². The molecule has 0 aliphatic rings. The first-order chi connectivity index (χ1) is 10.3. The predicted molar refractivity (Wildman–Crippen MR) is 90.4 cm³/mol. The van der Waals surface area contributed by atoms with Crippen LogP contribution in [0.1, 0.15) is 5.56 Å². The van der Waals surface area contributed by atoms with Crippen molar-refractivity contribution in [2.75, 3.05) is 10.6 Å². The van der Waals surface area contributed by atoms with Gasteiger partial charge in [0.1, 0.15) is 0 Å². The van der Waals surface area contributed by atoms with Crippen molar-refractivity contribution in [2.45, 2.75) is 6.18 Å². The maximum absolute atomic E-state index is 12.7. The molecule has 2 N–H and O–H groups in total. The Hall–Kier alpha value is -1.31. The van der Waals surface area contributed by atoms with Gasteiger partial charge in [0.15, 0.2) is 5.11 Å². The second kappa shape index (κ2) is 6.85. The number of hydrogen-bond acceptors (Lipinski definition) is 1. The third-order valence-corrected chi connectivity index (χ3v) is 3.71. The minimum Gasteiger partial charge on any atom is -0.332 e. The lowest BCUT2D eigenvalue weighted by atomic mass is 10.2. The van der Waals surface area contributed by atoms with Crippen LogP contribution in [0.2, 0.25) is 5.02 Å². The Bertz CT molecular complexity index is 689. The quantitative estimate of drug-likeness (QED) is 0.601. The molecule has 2 aromatic rings. The molecule has 0 aromatic heterocycles. The number of nitrogens with one attached hydrogen (secondary N) is 2. The highest BCUT2D eigenvalue weighted by atomic mass is 79.9. The van der Waals surface area contributed by atoms with Crippen LogP contribution in [0.3, 0.4) is 0 Å². The highest BCUT2D eigenvalue weighted by molar-refractivity contribution is 9.10. The highest BCUT2D eigenvalue weighted by Gasteiger charge is 2.31. The van der Waals surface area contributed by atoms with Gasteiger partial charge in [0.05, 0.1) is 16.3 Å². The normalized spacial score (nSPS) is 11.1. The fourth-order valence-electron chi connectivity index (χ4n) is 1.62. The molecule has 0 aliphatic heterocycles. The van der Waals surface area contributed by atoms with Gasteiger partial charge < -0.3 is 10.6 Å². The molecule has 0 bridgehead atoms. The van der Waals surface area contributed by atoms with E-state index in [1.807, 2.05) is 12.1 Å². The number of anilines is 2. The maximum Gasteiger partial charge on any atom is 0.416 e. The number of hydrogen-bond donors (Lipinski definition) is 2. The number of alkyl halides is 3. The molecule has 0 heterocycles. The van der Waals surface area contributed by atoms with E-state index in [0.717, 1.165) is 16.6 Å². The van der Waals surface area contributed by atoms with Gasteiger partial charge in [0, 0.05) is 10.2 Å². The van der Waals surface area contributed by atoms with Crippen molar-refractivity contribution in [2.24, 2.45) is 0 Å². The summed E-state index contributed by atoms with van der Waals surface area (Å²) >= 11 is 14.3. The molecule has 0 fully saturated rings. The minimum absolute atomic E-state index is 0.0890. The smallest absolute Gasteiger partial charge is 0.332 e. The molecule has 0 amide bonds. The zero-order chi connectivity index (χ0) is 16.3. The third-order valence-electron chi connectivity index (χ3n) is 2.64. The Morgan fingerprint density at radius 3 is 2.27 bits per heavy atom.